The van der Waals surface area contributed by atoms with Crippen LogP contribution in [0.1, 0.15) is 44.6 Å². The summed E-state index contributed by atoms with van der Waals surface area (Å²) in [4.78, 5) is 4.39. The third-order valence-electron chi connectivity index (χ3n) is 3.22. The Labute approximate surface area is 114 Å². The maximum Gasteiger partial charge on any atom is 0.0953 e. The van der Waals surface area contributed by atoms with Crippen molar-refractivity contribution in [2.24, 2.45) is 5.73 Å². The molecule has 5 heteroatoms. The van der Waals surface area contributed by atoms with Gasteiger partial charge in [-0.2, -0.15) is 5.10 Å². The molecule has 0 aromatic carbocycles. The predicted octanol–water partition coefficient (Wildman–Crippen LogP) is 1.99. The SMILES string of the molecule is CCC(N)Cc1cn(Cc2ccn(C(C)C)n2)cn1. The Bertz CT molecular complexity index is 511. The van der Waals surface area contributed by atoms with Gasteiger partial charge in [-0.15, -0.1) is 0 Å². The fraction of sp³-hybridized carbons (Fsp3) is 0.571. The summed E-state index contributed by atoms with van der Waals surface area (Å²) in [5, 5.41) is 4.53. The summed E-state index contributed by atoms with van der Waals surface area (Å²) in [5.74, 6) is 0. The van der Waals surface area contributed by atoms with Crippen molar-refractivity contribution in [1.82, 2.24) is 19.3 Å². The molecule has 2 N–H and O–H groups in total. The lowest BCUT2D eigenvalue weighted by molar-refractivity contribution is 0.523. The van der Waals surface area contributed by atoms with Crippen LogP contribution in [0.3, 0.4) is 0 Å². The minimum Gasteiger partial charge on any atom is -0.331 e. The van der Waals surface area contributed by atoms with Gasteiger partial charge < -0.3 is 10.3 Å². The van der Waals surface area contributed by atoms with Crippen LogP contribution in [-0.4, -0.2) is 25.4 Å². The van der Waals surface area contributed by atoms with Gasteiger partial charge in [0.15, 0.2) is 0 Å². The Morgan fingerprint density at radius 3 is 2.74 bits per heavy atom. The molecule has 0 amide bonds. The van der Waals surface area contributed by atoms with Crippen LogP contribution >= 0.6 is 0 Å². The lowest BCUT2D eigenvalue weighted by Crippen LogP contribution is -2.21. The Balaban J connectivity index is 1.99. The Morgan fingerprint density at radius 2 is 2.11 bits per heavy atom. The van der Waals surface area contributed by atoms with E-state index in [1.54, 1.807) is 0 Å². The van der Waals surface area contributed by atoms with E-state index >= 15 is 0 Å². The molecule has 0 saturated carbocycles. The zero-order valence-electron chi connectivity index (χ0n) is 12.0. The molecule has 5 nitrogen and oxygen atoms in total. The fourth-order valence-electron chi connectivity index (χ4n) is 1.95. The number of rotatable bonds is 6. The molecule has 0 aliphatic heterocycles. The van der Waals surface area contributed by atoms with Gasteiger partial charge in [0.1, 0.15) is 0 Å². The Kier molecular flexibility index (Phi) is 4.37. The molecule has 1 unspecified atom stereocenters. The predicted molar refractivity (Wildman–Crippen MR) is 75.9 cm³/mol. The summed E-state index contributed by atoms with van der Waals surface area (Å²) in [6, 6.07) is 2.65. The molecule has 2 aromatic rings. The second kappa shape index (κ2) is 6.02. The van der Waals surface area contributed by atoms with Gasteiger partial charge in [0, 0.05) is 30.9 Å². The van der Waals surface area contributed by atoms with Crippen LogP contribution in [0.15, 0.2) is 24.8 Å². The molecule has 0 radical (unpaired) electrons. The highest BCUT2D eigenvalue weighted by Gasteiger charge is 2.06. The molecule has 1 atom stereocenters. The standard InChI is InChI=1S/C14H23N5/c1-4-12(15)7-14-9-18(10-16-14)8-13-5-6-19(17-13)11(2)3/h5-6,9-12H,4,7-8,15H2,1-3H3. The van der Waals surface area contributed by atoms with Crippen molar-refractivity contribution in [3.8, 4) is 0 Å². The molecule has 104 valence electrons. The van der Waals surface area contributed by atoms with Crippen molar-refractivity contribution in [2.45, 2.75) is 52.2 Å². The van der Waals surface area contributed by atoms with Gasteiger partial charge in [0.25, 0.3) is 0 Å². The van der Waals surface area contributed by atoms with E-state index in [4.69, 9.17) is 5.73 Å². The third-order valence-corrected chi connectivity index (χ3v) is 3.22. The first-order valence-electron chi connectivity index (χ1n) is 6.88. The van der Waals surface area contributed by atoms with E-state index in [1.165, 1.54) is 0 Å². The summed E-state index contributed by atoms with van der Waals surface area (Å²) in [6.07, 6.45) is 7.75. The Morgan fingerprint density at radius 1 is 1.32 bits per heavy atom. The van der Waals surface area contributed by atoms with Gasteiger partial charge in [-0.1, -0.05) is 6.92 Å². The number of nitrogens with zero attached hydrogens (tertiary/aromatic N) is 4. The van der Waals surface area contributed by atoms with Gasteiger partial charge in [-0.3, -0.25) is 4.68 Å². The molecule has 0 aliphatic carbocycles. The lowest BCUT2D eigenvalue weighted by Gasteiger charge is -2.05. The number of hydrogen-bond acceptors (Lipinski definition) is 3. The molecule has 0 aliphatic rings. The zero-order valence-corrected chi connectivity index (χ0v) is 12.0. The molecule has 2 rings (SSSR count). The van der Waals surface area contributed by atoms with Gasteiger partial charge in [-0.25, -0.2) is 4.98 Å². The quantitative estimate of drug-likeness (QED) is 0.865. The largest absolute Gasteiger partial charge is 0.331 e. The van der Waals surface area contributed by atoms with Crippen LogP contribution in [0.4, 0.5) is 0 Å². The van der Waals surface area contributed by atoms with E-state index in [1.807, 2.05) is 17.2 Å². The van der Waals surface area contributed by atoms with Crippen LogP contribution in [0, 0.1) is 0 Å². The summed E-state index contributed by atoms with van der Waals surface area (Å²) in [5.41, 5.74) is 8.05. The highest BCUT2D eigenvalue weighted by atomic mass is 15.3. The van der Waals surface area contributed by atoms with E-state index in [0.717, 1.165) is 30.8 Å². The zero-order chi connectivity index (χ0) is 13.8. The highest BCUT2D eigenvalue weighted by molar-refractivity contribution is 5.04. The van der Waals surface area contributed by atoms with Gasteiger partial charge in [0.2, 0.25) is 0 Å². The minimum absolute atomic E-state index is 0.198. The second-order valence-electron chi connectivity index (χ2n) is 5.29. The van der Waals surface area contributed by atoms with E-state index in [0.29, 0.717) is 6.04 Å². The van der Waals surface area contributed by atoms with Gasteiger partial charge in [0.05, 0.1) is 24.3 Å². The van der Waals surface area contributed by atoms with Crippen LogP contribution in [-0.2, 0) is 13.0 Å². The highest BCUT2D eigenvalue weighted by Crippen LogP contribution is 2.07. The molecule has 2 aromatic heterocycles. The van der Waals surface area contributed by atoms with Crippen molar-refractivity contribution < 1.29 is 0 Å². The molecule has 2 heterocycles. The summed E-state index contributed by atoms with van der Waals surface area (Å²) >= 11 is 0. The molecule has 0 fully saturated rings. The van der Waals surface area contributed by atoms with Crippen molar-refractivity contribution in [3.05, 3.63) is 36.2 Å². The molecule has 19 heavy (non-hydrogen) atoms. The molecule has 0 saturated heterocycles. The monoisotopic (exact) mass is 261 g/mol. The van der Waals surface area contributed by atoms with E-state index < -0.39 is 0 Å². The van der Waals surface area contributed by atoms with E-state index in [9.17, 15) is 0 Å². The normalized spacial score (nSPS) is 13.1. The van der Waals surface area contributed by atoms with Crippen molar-refractivity contribution in [1.29, 1.82) is 0 Å². The summed E-state index contributed by atoms with van der Waals surface area (Å²) < 4.78 is 4.03. The second-order valence-corrected chi connectivity index (χ2v) is 5.29. The average molecular weight is 261 g/mol. The molecule has 0 bridgehead atoms. The van der Waals surface area contributed by atoms with Gasteiger partial charge in [-0.05, 0) is 26.3 Å². The minimum atomic E-state index is 0.198. The first kappa shape index (κ1) is 13.8. The van der Waals surface area contributed by atoms with Crippen molar-refractivity contribution in [3.63, 3.8) is 0 Å². The molecular formula is C14H23N5. The van der Waals surface area contributed by atoms with Crippen LogP contribution in [0.25, 0.3) is 0 Å². The maximum absolute atomic E-state index is 5.94. The van der Waals surface area contributed by atoms with Crippen LogP contribution < -0.4 is 5.73 Å². The lowest BCUT2D eigenvalue weighted by atomic mass is 10.1. The molecule has 0 spiro atoms. The number of aromatic nitrogens is 4. The topological polar surface area (TPSA) is 61.7 Å². The number of imidazole rings is 1. The first-order valence-corrected chi connectivity index (χ1v) is 6.88. The van der Waals surface area contributed by atoms with Crippen LogP contribution in [0.2, 0.25) is 0 Å². The number of nitrogens with two attached hydrogens (primary N) is 1. The van der Waals surface area contributed by atoms with E-state index in [-0.39, 0.29) is 6.04 Å². The average Bonchev–Trinajstić information content (AvgIpc) is 2.99. The van der Waals surface area contributed by atoms with Crippen molar-refractivity contribution >= 4 is 0 Å². The third kappa shape index (κ3) is 3.67. The number of hydrogen-bond donors (Lipinski definition) is 1. The molecular weight excluding hydrogens is 238 g/mol. The fourth-order valence-corrected chi connectivity index (χ4v) is 1.95. The van der Waals surface area contributed by atoms with E-state index in [2.05, 4.69) is 47.7 Å². The summed E-state index contributed by atoms with van der Waals surface area (Å²) in [6.45, 7) is 7.10. The van der Waals surface area contributed by atoms with Crippen LogP contribution in [0.5, 0.6) is 0 Å². The summed E-state index contributed by atoms with van der Waals surface area (Å²) in [7, 11) is 0. The first-order chi connectivity index (χ1) is 9.08. The maximum atomic E-state index is 5.94. The Hall–Kier alpha value is -1.62. The van der Waals surface area contributed by atoms with Gasteiger partial charge >= 0.3 is 0 Å². The smallest absolute Gasteiger partial charge is 0.0953 e. The van der Waals surface area contributed by atoms with Crippen molar-refractivity contribution in [2.75, 3.05) is 0 Å².